The molecule has 0 saturated carbocycles. The van der Waals surface area contributed by atoms with Gasteiger partial charge in [0.05, 0.1) is 0 Å². The van der Waals surface area contributed by atoms with Crippen LogP contribution < -0.4 is 20.3 Å². The topological polar surface area (TPSA) is 76.7 Å². The molecule has 3 aromatic carbocycles. The number of ether oxygens (including phenoxy) is 2. The molecule has 2 N–H and O–H groups in total. The van der Waals surface area contributed by atoms with Gasteiger partial charge in [-0.25, -0.2) is 0 Å². The Balaban J connectivity index is 1.56. The van der Waals surface area contributed by atoms with Gasteiger partial charge in [-0.2, -0.15) is 0 Å². The minimum absolute atomic E-state index is 0.314. The highest BCUT2D eigenvalue weighted by Gasteiger charge is 2.22. The molecule has 0 heterocycles. The highest BCUT2D eigenvalue weighted by atomic mass is 16.5. The smallest absolute Gasteiger partial charge is 0.279 e. The number of amides is 2. The lowest BCUT2D eigenvalue weighted by atomic mass is 9.98. The number of para-hydroxylation sites is 1. The number of rotatable bonds is 9. The van der Waals surface area contributed by atoms with Crippen molar-refractivity contribution >= 4 is 22.6 Å². The van der Waals surface area contributed by atoms with Crippen LogP contribution in [0, 0.1) is 0 Å². The van der Waals surface area contributed by atoms with E-state index in [0.717, 1.165) is 22.8 Å². The summed E-state index contributed by atoms with van der Waals surface area (Å²) in [6.45, 7) is 7.73. The van der Waals surface area contributed by atoms with Crippen LogP contribution >= 0.6 is 0 Å². The van der Waals surface area contributed by atoms with E-state index >= 15 is 0 Å². The van der Waals surface area contributed by atoms with Crippen LogP contribution in [0.25, 0.3) is 10.8 Å². The molecular weight excluding hydrogens is 416 g/mol. The number of hydrogen-bond donors (Lipinski definition) is 2. The predicted octanol–water partition coefficient (Wildman–Crippen LogP) is 5.13. The molecule has 3 atom stereocenters. The molecule has 3 rings (SSSR count). The number of fused-ring (bicyclic) bond motifs is 1. The Hall–Kier alpha value is -3.54. The van der Waals surface area contributed by atoms with Crippen LogP contribution in [0.4, 0.5) is 0 Å². The van der Waals surface area contributed by atoms with Gasteiger partial charge in [0.1, 0.15) is 11.5 Å². The molecule has 0 aliphatic carbocycles. The number of hydrogen-bond acceptors (Lipinski definition) is 4. The molecule has 0 bridgehead atoms. The van der Waals surface area contributed by atoms with Crippen molar-refractivity contribution in [2.45, 2.75) is 58.7 Å². The maximum atomic E-state index is 12.7. The van der Waals surface area contributed by atoms with E-state index in [-0.39, 0.29) is 0 Å². The van der Waals surface area contributed by atoms with E-state index in [9.17, 15) is 9.59 Å². The van der Waals surface area contributed by atoms with E-state index in [2.05, 4.69) is 24.7 Å². The molecule has 6 heteroatoms. The van der Waals surface area contributed by atoms with Gasteiger partial charge in [-0.3, -0.25) is 20.4 Å². The second-order valence-corrected chi connectivity index (χ2v) is 8.11. The second kappa shape index (κ2) is 11.4. The molecule has 0 spiro atoms. The predicted molar refractivity (Wildman–Crippen MR) is 130 cm³/mol. The number of carbonyl (C=O) groups excluding carboxylic acids is 2. The molecule has 0 radical (unpaired) electrons. The van der Waals surface area contributed by atoms with Crippen molar-refractivity contribution in [3.8, 4) is 11.5 Å². The van der Waals surface area contributed by atoms with E-state index < -0.39 is 24.0 Å². The third kappa shape index (κ3) is 6.25. The monoisotopic (exact) mass is 448 g/mol. The summed E-state index contributed by atoms with van der Waals surface area (Å²) in [5.41, 5.74) is 5.98. The zero-order chi connectivity index (χ0) is 23.8. The summed E-state index contributed by atoms with van der Waals surface area (Å²) >= 11 is 0. The van der Waals surface area contributed by atoms with Crippen molar-refractivity contribution in [1.82, 2.24) is 10.9 Å². The molecule has 33 heavy (non-hydrogen) atoms. The molecule has 6 nitrogen and oxygen atoms in total. The van der Waals surface area contributed by atoms with Crippen LogP contribution in [-0.2, 0) is 9.59 Å². The van der Waals surface area contributed by atoms with Gasteiger partial charge in [-0.05, 0) is 60.2 Å². The molecule has 0 aliphatic rings. The molecule has 2 amide bonds. The van der Waals surface area contributed by atoms with Crippen LogP contribution in [0.2, 0.25) is 0 Å². The van der Waals surface area contributed by atoms with Crippen molar-refractivity contribution in [3.05, 3.63) is 72.3 Å². The van der Waals surface area contributed by atoms with Gasteiger partial charge in [0.2, 0.25) is 0 Å². The second-order valence-electron chi connectivity index (χ2n) is 8.11. The largest absolute Gasteiger partial charge is 0.481 e. The molecular formula is C27H32N2O4. The van der Waals surface area contributed by atoms with Crippen LogP contribution in [-0.4, -0.2) is 24.0 Å². The number of carbonyl (C=O) groups is 2. The Bertz CT molecular complexity index is 1100. The minimum atomic E-state index is -0.793. The fourth-order valence-corrected chi connectivity index (χ4v) is 3.49. The quantitative estimate of drug-likeness (QED) is 0.445. The first-order valence-electron chi connectivity index (χ1n) is 11.4. The van der Waals surface area contributed by atoms with Gasteiger partial charge in [0.25, 0.3) is 11.8 Å². The molecule has 0 aliphatic heterocycles. The van der Waals surface area contributed by atoms with Crippen molar-refractivity contribution in [2.24, 2.45) is 0 Å². The van der Waals surface area contributed by atoms with Crippen LogP contribution in [0.1, 0.15) is 52.0 Å². The summed E-state index contributed by atoms with van der Waals surface area (Å²) in [5, 5.41) is 2.12. The Morgan fingerprint density at radius 1 is 0.788 bits per heavy atom. The standard InChI is InChI=1S/C27H32N2O4/c1-5-18(3)23-13-9-10-14-25(23)33-24(6-2)27(31)29-28-26(30)19(4)32-22-16-15-20-11-7-8-12-21(20)17-22/h7-19,24H,5-6H2,1-4H3,(H,28,30)(H,29,31). The first kappa shape index (κ1) is 24.1. The average molecular weight is 449 g/mol. The summed E-state index contributed by atoms with van der Waals surface area (Å²) in [6.07, 6.45) is -0.0976. The number of nitrogens with one attached hydrogen (secondary N) is 2. The van der Waals surface area contributed by atoms with Gasteiger partial charge in [0, 0.05) is 0 Å². The molecule has 0 saturated heterocycles. The highest BCUT2D eigenvalue weighted by molar-refractivity contribution is 5.87. The van der Waals surface area contributed by atoms with Gasteiger partial charge in [-0.15, -0.1) is 0 Å². The Morgan fingerprint density at radius 2 is 1.45 bits per heavy atom. The van der Waals surface area contributed by atoms with Crippen LogP contribution in [0.3, 0.4) is 0 Å². The van der Waals surface area contributed by atoms with Gasteiger partial charge in [-0.1, -0.05) is 69.3 Å². The third-order valence-electron chi connectivity index (χ3n) is 5.71. The van der Waals surface area contributed by atoms with E-state index in [1.165, 1.54) is 0 Å². The SMILES string of the molecule is CCC(Oc1ccccc1C(C)CC)C(=O)NNC(=O)C(C)Oc1ccc2ccccc2c1. The summed E-state index contributed by atoms with van der Waals surface area (Å²) < 4.78 is 11.8. The Morgan fingerprint density at radius 3 is 2.18 bits per heavy atom. The summed E-state index contributed by atoms with van der Waals surface area (Å²) in [6, 6.07) is 21.3. The molecule has 174 valence electrons. The zero-order valence-corrected chi connectivity index (χ0v) is 19.6. The average Bonchev–Trinajstić information content (AvgIpc) is 2.85. The molecule has 0 aromatic heterocycles. The minimum Gasteiger partial charge on any atom is -0.481 e. The summed E-state index contributed by atoms with van der Waals surface area (Å²) in [4.78, 5) is 25.1. The lowest BCUT2D eigenvalue weighted by Crippen LogP contribution is -2.51. The van der Waals surface area contributed by atoms with E-state index in [4.69, 9.17) is 9.47 Å². The third-order valence-corrected chi connectivity index (χ3v) is 5.71. The normalized spacial score (nSPS) is 13.6. The maximum absolute atomic E-state index is 12.7. The van der Waals surface area contributed by atoms with Gasteiger partial charge >= 0.3 is 0 Å². The molecule has 3 unspecified atom stereocenters. The van der Waals surface area contributed by atoms with Crippen LogP contribution in [0.5, 0.6) is 11.5 Å². The lowest BCUT2D eigenvalue weighted by Gasteiger charge is -2.22. The zero-order valence-electron chi connectivity index (χ0n) is 19.6. The van der Waals surface area contributed by atoms with E-state index in [0.29, 0.717) is 23.8 Å². The van der Waals surface area contributed by atoms with Gasteiger partial charge in [0.15, 0.2) is 12.2 Å². The lowest BCUT2D eigenvalue weighted by molar-refractivity contribution is -0.135. The fraction of sp³-hybridized carbons (Fsp3) is 0.333. The number of benzene rings is 3. The Labute approximate surface area is 195 Å². The van der Waals surface area contributed by atoms with Crippen LogP contribution in [0.15, 0.2) is 66.7 Å². The Kier molecular flexibility index (Phi) is 8.30. The van der Waals surface area contributed by atoms with Crippen molar-refractivity contribution in [2.75, 3.05) is 0 Å². The van der Waals surface area contributed by atoms with E-state index in [1.54, 1.807) is 6.92 Å². The molecule has 3 aromatic rings. The highest BCUT2D eigenvalue weighted by Crippen LogP contribution is 2.29. The van der Waals surface area contributed by atoms with Gasteiger partial charge < -0.3 is 9.47 Å². The first-order valence-corrected chi connectivity index (χ1v) is 11.4. The van der Waals surface area contributed by atoms with Crippen molar-refractivity contribution in [1.29, 1.82) is 0 Å². The molecule has 0 fully saturated rings. The summed E-state index contributed by atoms with van der Waals surface area (Å²) in [7, 11) is 0. The van der Waals surface area contributed by atoms with Crippen molar-refractivity contribution < 1.29 is 19.1 Å². The summed E-state index contributed by atoms with van der Waals surface area (Å²) in [5.74, 6) is 0.718. The fourth-order valence-electron chi connectivity index (χ4n) is 3.49. The van der Waals surface area contributed by atoms with Crippen molar-refractivity contribution in [3.63, 3.8) is 0 Å². The first-order chi connectivity index (χ1) is 15.9. The number of hydrazine groups is 1. The van der Waals surface area contributed by atoms with E-state index in [1.807, 2.05) is 73.7 Å². The maximum Gasteiger partial charge on any atom is 0.279 e.